The van der Waals surface area contributed by atoms with Gasteiger partial charge in [0.25, 0.3) is 0 Å². The van der Waals surface area contributed by atoms with Crippen LogP contribution in [0.4, 0.5) is 4.39 Å². The number of aliphatic hydroxyl groups excluding tert-OH is 1. The van der Waals surface area contributed by atoms with Crippen LogP contribution in [0.3, 0.4) is 0 Å². The molecule has 0 unspecified atom stereocenters. The zero-order valence-corrected chi connectivity index (χ0v) is 22.0. The summed E-state index contributed by atoms with van der Waals surface area (Å²) in [6.45, 7) is 10.3. The van der Waals surface area contributed by atoms with Crippen LogP contribution in [0.2, 0.25) is 0 Å². The number of aliphatic hydroxyl groups is 1. The molecule has 0 spiro atoms. The van der Waals surface area contributed by atoms with E-state index in [4.69, 9.17) is 0 Å². The normalized spacial score (nSPS) is 17.5. The first-order valence-electron chi connectivity index (χ1n) is 12.4. The van der Waals surface area contributed by atoms with Gasteiger partial charge in [0.1, 0.15) is 11.9 Å². The molecule has 3 N–H and O–H groups in total. The molecule has 36 heavy (non-hydrogen) atoms. The predicted molar refractivity (Wildman–Crippen MR) is 143 cm³/mol. The third-order valence-corrected chi connectivity index (χ3v) is 6.33. The van der Waals surface area contributed by atoms with Crippen molar-refractivity contribution in [3.63, 3.8) is 0 Å². The van der Waals surface area contributed by atoms with Crippen LogP contribution < -0.4 is 10.6 Å². The Kier molecular flexibility index (Phi) is 11.1. The number of allylic oxidation sites excluding steroid dienone is 9. The summed E-state index contributed by atoms with van der Waals surface area (Å²) < 4.78 is 13.0. The summed E-state index contributed by atoms with van der Waals surface area (Å²) in [5.74, 6) is -1.36. The molecular weight excluding hydrogens is 455 g/mol. The van der Waals surface area contributed by atoms with Gasteiger partial charge in [0, 0.05) is 12.6 Å². The lowest BCUT2D eigenvalue weighted by atomic mass is 9.72. The number of nitrogens with one attached hydrogen (secondary N) is 2. The first kappa shape index (κ1) is 29.0. The van der Waals surface area contributed by atoms with Crippen molar-refractivity contribution in [2.75, 3.05) is 6.61 Å². The minimum Gasteiger partial charge on any atom is -0.394 e. The fourth-order valence-corrected chi connectivity index (χ4v) is 4.21. The van der Waals surface area contributed by atoms with Crippen LogP contribution in [0.5, 0.6) is 0 Å². The van der Waals surface area contributed by atoms with E-state index in [-0.39, 0.29) is 17.8 Å². The van der Waals surface area contributed by atoms with Gasteiger partial charge in [-0.25, -0.2) is 4.39 Å². The van der Waals surface area contributed by atoms with Crippen LogP contribution in [0.25, 0.3) is 0 Å². The number of carbonyl (C=O) groups excluding carboxylic acids is 2. The van der Waals surface area contributed by atoms with E-state index >= 15 is 0 Å². The van der Waals surface area contributed by atoms with Crippen molar-refractivity contribution >= 4 is 11.8 Å². The second kappa shape index (κ2) is 13.7. The minimum absolute atomic E-state index is 0.164. The summed E-state index contributed by atoms with van der Waals surface area (Å²) >= 11 is 0. The van der Waals surface area contributed by atoms with Crippen molar-refractivity contribution in [3.8, 4) is 0 Å². The minimum atomic E-state index is -1.08. The monoisotopic (exact) mass is 494 g/mol. The molecule has 6 heteroatoms. The molecule has 0 saturated carbocycles. The van der Waals surface area contributed by atoms with Crippen molar-refractivity contribution in [1.82, 2.24) is 10.6 Å². The van der Waals surface area contributed by atoms with Crippen LogP contribution in [0, 0.1) is 11.2 Å². The molecule has 1 aromatic carbocycles. The molecular formula is C30H39FN2O3. The van der Waals surface area contributed by atoms with Gasteiger partial charge in [-0.05, 0) is 74.3 Å². The molecule has 0 fully saturated rings. The summed E-state index contributed by atoms with van der Waals surface area (Å²) in [5.41, 5.74) is 5.59. The van der Waals surface area contributed by atoms with Crippen molar-refractivity contribution in [2.45, 2.75) is 66.5 Å². The molecule has 1 aliphatic carbocycles. The molecule has 2 amide bonds. The highest BCUT2D eigenvalue weighted by molar-refractivity contribution is 5.93. The van der Waals surface area contributed by atoms with E-state index in [0.717, 1.165) is 12.0 Å². The standard InChI is InChI=1S/C30H39FN2O3/c1-21(11-16-26-23(3)10-7-17-30(26,4)5)8-6-9-22(2)18-28(35)33-27(20-34)29(36)32-19-24-12-14-25(31)15-13-24/h6,8-9,11-16,18,27,34H,7,10,17,19-20H2,1-5H3,(H,32,36)(H,33,35)/t27-/m0/s1. The number of benzene rings is 1. The molecule has 1 aliphatic rings. The van der Waals surface area contributed by atoms with Crippen molar-refractivity contribution < 1.29 is 19.1 Å². The zero-order valence-electron chi connectivity index (χ0n) is 22.0. The van der Waals surface area contributed by atoms with Crippen LogP contribution in [0.15, 0.2) is 83.0 Å². The van der Waals surface area contributed by atoms with E-state index in [1.807, 2.05) is 25.2 Å². The van der Waals surface area contributed by atoms with Gasteiger partial charge < -0.3 is 15.7 Å². The van der Waals surface area contributed by atoms with E-state index in [1.165, 1.54) is 42.2 Å². The second-order valence-corrected chi connectivity index (χ2v) is 10.0. The summed E-state index contributed by atoms with van der Waals surface area (Å²) in [4.78, 5) is 24.6. The first-order valence-corrected chi connectivity index (χ1v) is 12.4. The molecule has 0 saturated heterocycles. The predicted octanol–water partition coefficient (Wildman–Crippen LogP) is 5.45. The van der Waals surface area contributed by atoms with Crippen LogP contribution in [-0.4, -0.2) is 29.6 Å². The van der Waals surface area contributed by atoms with Crippen LogP contribution in [-0.2, 0) is 16.1 Å². The van der Waals surface area contributed by atoms with Gasteiger partial charge in [-0.15, -0.1) is 0 Å². The Labute approximate surface area is 214 Å². The van der Waals surface area contributed by atoms with Gasteiger partial charge in [0.15, 0.2) is 0 Å². The van der Waals surface area contributed by atoms with Gasteiger partial charge >= 0.3 is 0 Å². The average molecular weight is 495 g/mol. The molecule has 0 heterocycles. The Bertz CT molecular complexity index is 1080. The summed E-state index contributed by atoms with van der Waals surface area (Å²) in [6, 6.07) is 4.64. The Morgan fingerprint density at radius 2 is 1.83 bits per heavy atom. The lowest BCUT2D eigenvalue weighted by Gasteiger charge is -2.32. The maximum absolute atomic E-state index is 13.0. The molecule has 0 bridgehead atoms. The Hall–Kier alpha value is -3.25. The van der Waals surface area contributed by atoms with E-state index in [9.17, 15) is 19.1 Å². The maximum atomic E-state index is 13.0. The smallest absolute Gasteiger partial charge is 0.245 e. The quantitative estimate of drug-likeness (QED) is 0.299. The maximum Gasteiger partial charge on any atom is 0.245 e. The molecule has 1 aromatic rings. The van der Waals surface area contributed by atoms with Gasteiger partial charge in [-0.2, -0.15) is 0 Å². The largest absolute Gasteiger partial charge is 0.394 e. The molecule has 0 radical (unpaired) electrons. The fraction of sp³-hybridized carbons (Fsp3) is 0.400. The average Bonchev–Trinajstić information content (AvgIpc) is 2.81. The van der Waals surface area contributed by atoms with Crippen molar-refractivity contribution in [3.05, 3.63) is 94.4 Å². The van der Waals surface area contributed by atoms with E-state index < -0.39 is 24.5 Å². The highest BCUT2D eigenvalue weighted by Crippen LogP contribution is 2.40. The summed E-state index contributed by atoms with van der Waals surface area (Å²) in [6.07, 6.45) is 15.0. The third-order valence-electron chi connectivity index (χ3n) is 6.33. The van der Waals surface area contributed by atoms with Gasteiger partial charge in [0.2, 0.25) is 11.8 Å². The molecule has 2 rings (SSSR count). The Balaban J connectivity index is 1.89. The zero-order chi connectivity index (χ0) is 26.7. The lowest BCUT2D eigenvalue weighted by Crippen LogP contribution is -2.48. The Morgan fingerprint density at radius 3 is 2.47 bits per heavy atom. The molecule has 194 valence electrons. The summed E-state index contributed by atoms with van der Waals surface area (Å²) in [7, 11) is 0. The fourth-order valence-electron chi connectivity index (χ4n) is 4.21. The first-order chi connectivity index (χ1) is 17.0. The van der Waals surface area contributed by atoms with Crippen molar-refractivity contribution in [2.24, 2.45) is 5.41 Å². The van der Waals surface area contributed by atoms with Crippen LogP contribution >= 0.6 is 0 Å². The number of carbonyl (C=O) groups is 2. The highest BCUT2D eigenvalue weighted by atomic mass is 19.1. The number of rotatable bonds is 10. The topological polar surface area (TPSA) is 78.4 Å². The number of hydrogen-bond acceptors (Lipinski definition) is 3. The third kappa shape index (κ3) is 9.42. The molecule has 0 aliphatic heterocycles. The number of hydrogen-bond donors (Lipinski definition) is 3. The highest BCUT2D eigenvalue weighted by Gasteiger charge is 2.26. The number of amides is 2. The molecule has 1 atom stereocenters. The number of halogens is 1. The van der Waals surface area contributed by atoms with Gasteiger partial charge in [0.05, 0.1) is 6.61 Å². The van der Waals surface area contributed by atoms with Gasteiger partial charge in [-0.1, -0.05) is 67.5 Å². The lowest BCUT2D eigenvalue weighted by molar-refractivity contribution is -0.128. The van der Waals surface area contributed by atoms with E-state index in [0.29, 0.717) is 11.1 Å². The Morgan fingerprint density at radius 1 is 1.14 bits per heavy atom. The SMILES string of the molecule is CC(C=CC1=C(C)CCCC1(C)C)=CC=CC(C)=CC(=O)N[C@@H](CO)C(=O)NCc1ccc(F)cc1. The van der Waals surface area contributed by atoms with Crippen LogP contribution in [0.1, 0.15) is 59.4 Å². The van der Waals surface area contributed by atoms with Gasteiger partial charge in [-0.3, -0.25) is 9.59 Å². The molecule has 5 nitrogen and oxygen atoms in total. The molecule has 0 aromatic heterocycles. The van der Waals surface area contributed by atoms with E-state index in [1.54, 1.807) is 19.1 Å². The van der Waals surface area contributed by atoms with E-state index in [2.05, 4.69) is 43.6 Å². The second-order valence-electron chi connectivity index (χ2n) is 10.0. The summed E-state index contributed by atoms with van der Waals surface area (Å²) in [5, 5.41) is 14.7. The van der Waals surface area contributed by atoms with Crippen molar-refractivity contribution in [1.29, 1.82) is 0 Å².